The smallest absolute Gasteiger partial charge is 0.407 e. The molecular weight excluding hydrogens is 332 g/mol. The highest BCUT2D eigenvalue weighted by Crippen LogP contribution is 2.29. The number of rotatable bonds is 4. The van der Waals surface area contributed by atoms with Gasteiger partial charge in [0.1, 0.15) is 0 Å². The van der Waals surface area contributed by atoms with Crippen molar-refractivity contribution in [3.8, 4) is 0 Å². The van der Waals surface area contributed by atoms with Crippen molar-refractivity contribution in [1.29, 1.82) is 0 Å². The van der Waals surface area contributed by atoms with E-state index in [4.69, 9.17) is 21.4 Å². The van der Waals surface area contributed by atoms with Crippen molar-refractivity contribution < 1.29 is 19.4 Å². The minimum atomic E-state index is -0.859. The molecular formula is C17H23ClN2O4. The van der Waals surface area contributed by atoms with Crippen LogP contribution in [0, 0.1) is 12.8 Å². The molecule has 1 heterocycles. The van der Waals surface area contributed by atoms with Crippen LogP contribution in [0.15, 0.2) is 12.1 Å². The third-order valence-corrected chi connectivity index (χ3v) is 5.06. The molecule has 1 aromatic rings. The first-order valence-electron chi connectivity index (χ1n) is 7.96. The second-order valence-electron chi connectivity index (χ2n) is 6.16. The molecule has 1 atom stereocenters. The Kier molecular flexibility index (Phi) is 5.94. The lowest BCUT2D eigenvalue weighted by Crippen LogP contribution is -2.41. The Balaban J connectivity index is 2.09. The number of nitrogens with one attached hydrogen (secondary N) is 1. The van der Waals surface area contributed by atoms with Crippen LogP contribution in [-0.2, 0) is 4.74 Å². The fraction of sp³-hybridized carbons (Fsp3) is 0.529. The molecule has 0 aliphatic carbocycles. The molecule has 2 N–H and O–H groups in total. The van der Waals surface area contributed by atoms with Crippen LogP contribution in [0.4, 0.5) is 10.5 Å². The third kappa shape index (κ3) is 4.12. The summed E-state index contributed by atoms with van der Waals surface area (Å²) >= 11 is 6.22. The van der Waals surface area contributed by atoms with Crippen LogP contribution in [0.1, 0.15) is 35.7 Å². The average Bonchev–Trinajstić information content (AvgIpc) is 2.57. The van der Waals surface area contributed by atoms with E-state index in [1.807, 2.05) is 6.92 Å². The standard InChI is InChI=1S/C17H23ClN2O4/c1-10-14(18)8-13(16(21)24-3)9-15(10)19-11(2)12-4-6-20(7-5-12)17(22)23/h8-9,11-12,19H,4-7H2,1-3H3,(H,22,23). The molecule has 1 unspecified atom stereocenters. The van der Waals surface area contributed by atoms with Crippen molar-refractivity contribution >= 4 is 29.4 Å². The van der Waals surface area contributed by atoms with Crippen molar-refractivity contribution in [2.75, 3.05) is 25.5 Å². The summed E-state index contributed by atoms with van der Waals surface area (Å²) in [6.07, 6.45) is 0.760. The van der Waals surface area contributed by atoms with Crippen LogP contribution >= 0.6 is 11.6 Å². The van der Waals surface area contributed by atoms with E-state index in [1.54, 1.807) is 12.1 Å². The predicted octanol–water partition coefficient (Wildman–Crippen LogP) is 3.63. The van der Waals surface area contributed by atoms with E-state index in [2.05, 4.69) is 12.2 Å². The number of nitrogens with zero attached hydrogens (tertiary/aromatic N) is 1. The maximum Gasteiger partial charge on any atom is 0.407 e. The van der Waals surface area contributed by atoms with Gasteiger partial charge < -0.3 is 20.1 Å². The van der Waals surface area contributed by atoms with Gasteiger partial charge in [0.05, 0.1) is 12.7 Å². The topological polar surface area (TPSA) is 78.9 Å². The zero-order valence-corrected chi connectivity index (χ0v) is 14.9. The lowest BCUT2D eigenvalue weighted by molar-refractivity contribution is 0.0600. The third-order valence-electron chi connectivity index (χ3n) is 4.67. The number of benzene rings is 1. The molecule has 0 spiro atoms. The van der Waals surface area contributed by atoms with Crippen molar-refractivity contribution in [2.45, 2.75) is 32.7 Å². The molecule has 1 amide bonds. The Morgan fingerprint density at radius 2 is 2.00 bits per heavy atom. The van der Waals surface area contributed by atoms with Gasteiger partial charge in [0.15, 0.2) is 0 Å². The van der Waals surface area contributed by atoms with Gasteiger partial charge in [0, 0.05) is 29.8 Å². The van der Waals surface area contributed by atoms with Crippen LogP contribution in [0.5, 0.6) is 0 Å². The minimum Gasteiger partial charge on any atom is -0.465 e. The number of hydrogen-bond donors (Lipinski definition) is 2. The zero-order chi connectivity index (χ0) is 17.9. The van der Waals surface area contributed by atoms with Crippen molar-refractivity contribution in [2.24, 2.45) is 5.92 Å². The quantitative estimate of drug-likeness (QED) is 0.807. The molecule has 0 aromatic heterocycles. The maximum absolute atomic E-state index is 11.7. The van der Waals surface area contributed by atoms with Crippen molar-refractivity contribution in [3.63, 3.8) is 0 Å². The summed E-state index contributed by atoms with van der Waals surface area (Å²) in [7, 11) is 1.34. The molecule has 0 bridgehead atoms. The molecule has 1 fully saturated rings. The molecule has 2 rings (SSSR count). The summed E-state index contributed by atoms with van der Waals surface area (Å²) in [5.41, 5.74) is 2.08. The Hall–Kier alpha value is -1.95. The number of esters is 1. The highest BCUT2D eigenvalue weighted by Gasteiger charge is 2.26. The summed E-state index contributed by atoms with van der Waals surface area (Å²) in [5.74, 6) is -0.0667. The van der Waals surface area contributed by atoms with Crippen LogP contribution in [0.25, 0.3) is 0 Å². The van der Waals surface area contributed by atoms with E-state index in [9.17, 15) is 9.59 Å². The molecule has 24 heavy (non-hydrogen) atoms. The fourth-order valence-electron chi connectivity index (χ4n) is 3.02. The normalized spacial score (nSPS) is 16.6. The lowest BCUT2D eigenvalue weighted by atomic mass is 9.90. The second-order valence-corrected chi connectivity index (χ2v) is 6.57. The zero-order valence-electron chi connectivity index (χ0n) is 14.1. The van der Waals surface area contributed by atoms with Crippen LogP contribution in [0.2, 0.25) is 5.02 Å². The van der Waals surface area contributed by atoms with Gasteiger partial charge >= 0.3 is 12.1 Å². The first-order valence-corrected chi connectivity index (χ1v) is 8.34. The van der Waals surface area contributed by atoms with Crippen molar-refractivity contribution in [3.05, 3.63) is 28.3 Å². The molecule has 0 radical (unpaired) electrons. The number of carboxylic acid groups (broad SMARTS) is 1. The van der Waals surface area contributed by atoms with Crippen LogP contribution in [0.3, 0.4) is 0 Å². The number of halogens is 1. The van der Waals surface area contributed by atoms with Gasteiger partial charge in [-0.15, -0.1) is 0 Å². The van der Waals surface area contributed by atoms with E-state index in [0.717, 1.165) is 24.1 Å². The van der Waals surface area contributed by atoms with Crippen LogP contribution < -0.4 is 5.32 Å². The fourth-order valence-corrected chi connectivity index (χ4v) is 3.24. The number of carbonyl (C=O) groups is 2. The number of ether oxygens (including phenoxy) is 1. The summed E-state index contributed by atoms with van der Waals surface area (Å²) in [6, 6.07) is 3.49. The minimum absolute atomic E-state index is 0.142. The summed E-state index contributed by atoms with van der Waals surface area (Å²) in [5, 5.41) is 13.0. The summed E-state index contributed by atoms with van der Waals surface area (Å²) in [6.45, 7) is 5.06. The Morgan fingerprint density at radius 1 is 1.38 bits per heavy atom. The first kappa shape index (κ1) is 18.4. The predicted molar refractivity (Wildman–Crippen MR) is 92.9 cm³/mol. The Bertz CT molecular complexity index is 627. The highest BCUT2D eigenvalue weighted by atomic mass is 35.5. The number of carbonyl (C=O) groups excluding carboxylic acids is 1. The average molecular weight is 355 g/mol. The van der Waals surface area contributed by atoms with Gasteiger partial charge in [-0.3, -0.25) is 0 Å². The van der Waals surface area contributed by atoms with E-state index in [0.29, 0.717) is 29.6 Å². The van der Waals surface area contributed by atoms with E-state index < -0.39 is 12.1 Å². The molecule has 0 saturated carbocycles. The van der Waals surface area contributed by atoms with Crippen molar-refractivity contribution in [1.82, 2.24) is 4.90 Å². The van der Waals surface area contributed by atoms with E-state index in [-0.39, 0.29) is 6.04 Å². The highest BCUT2D eigenvalue weighted by molar-refractivity contribution is 6.32. The lowest BCUT2D eigenvalue weighted by Gasteiger charge is -2.34. The van der Waals surface area contributed by atoms with Gasteiger partial charge in [-0.05, 0) is 50.3 Å². The number of likely N-dealkylation sites (tertiary alicyclic amines) is 1. The summed E-state index contributed by atoms with van der Waals surface area (Å²) < 4.78 is 4.76. The molecule has 1 saturated heterocycles. The number of hydrogen-bond acceptors (Lipinski definition) is 4. The van der Waals surface area contributed by atoms with Gasteiger partial charge in [0.2, 0.25) is 0 Å². The molecule has 1 aromatic carbocycles. The molecule has 1 aliphatic rings. The summed E-state index contributed by atoms with van der Waals surface area (Å²) in [4.78, 5) is 24.2. The van der Waals surface area contributed by atoms with Crippen LogP contribution in [-0.4, -0.2) is 48.3 Å². The van der Waals surface area contributed by atoms with Gasteiger partial charge in [-0.25, -0.2) is 9.59 Å². The largest absolute Gasteiger partial charge is 0.465 e. The molecule has 132 valence electrons. The van der Waals surface area contributed by atoms with Gasteiger partial charge in [0.25, 0.3) is 0 Å². The Morgan fingerprint density at radius 3 is 2.54 bits per heavy atom. The number of piperidine rings is 1. The van der Waals surface area contributed by atoms with E-state index >= 15 is 0 Å². The van der Waals surface area contributed by atoms with Gasteiger partial charge in [-0.2, -0.15) is 0 Å². The SMILES string of the molecule is COC(=O)c1cc(Cl)c(C)c(NC(C)C2CCN(C(=O)O)CC2)c1. The number of anilines is 1. The molecule has 6 nitrogen and oxygen atoms in total. The maximum atomic E-state index is 11.7. The number of methoxy groups -OCH3 is 1. The Labute approximate surface area is 146 Å². The monoisotopic (exact) mass is 354 g/mol. The first-order chi connectivity index (χ1) is 11.3. The van der Waals surface area contributed by atoms with Gasteiger partial charge in [-0.1, -0.05) is 11.6 Å². The molecule has 1 aliphatic heterocycles. The molecule has 7 heteroatoms. The second kappa shape index (κ2) is 7.75. The number of amides is 1. The van der Waals surface area contributed by atoms with E-state index in [1.165, 1.54) is 12.0 Å².